The van der Waals surface area contributed by atoms with Crippen LogP contribution in [0.4, 0.5) is 8.78 Å². The zero-order valence-electron chi connectivity index (χ0n) is 16.9. The molecule has 1 aliphatic rings. The third kappa shape index (κ3) is 5.78. The minimum absolute atomic E-state index is 0.0475. The van der Waals surface area contributed by atoms with Gasteiger partial charge >= 0.3 is 6.61 Å². The molecule has 0 saturated carbocycles. The van der Waals surface area contributed by atoms with Gasteiger partial charge in [0.2, 0.25) is 5.91 Å². The Bertz CT molecular complexity index is 914. The van der Waals surface area contributed by atoms with Gasteiger partial charge in [0.05, 0.1) is 7.11 Å². The predicted octanol–water partition coefficient (Wildman–Crippen LogP) is 4.45. The van der Waals surface area contributed by atoms with Crippen LogP contribution in [0.2, 0.25) is 0 Å². The molecule has 0 aromatic heterocycles. The summed E-state index contributed by atoms with van der Waals surface area (Å²) in [6.07, 6.45) is 4.61. The summed E-state index contributed by atoms with van der Waals surface area (Å²) in [5.41, 5.74) is 3.88. The molecule has 30 heavy (non-hydrogen) atoms. The highest BCUT2D eigenvalue weighted by molar-refractivity contribution is 5.98. The van der Waals surface area contributed by atoms with Crippen LogP contribution < -0.4 is 14.8 Å². The van der Waals surface area contributed by atoms with Crippen molar-refractivity contribution >= 4 is 11.7 Å². The second kappa shape index (κ2) is 10.2. The van der Waals surface area contributed by atoms with Gasteiger partial charge in [-0.05, 0) is 60.6 Å². The number of hydrogen-bond donors (Lipinski definition) is 1. The molecule has 7 heteroatoms. The summed E-state index contributed by atoms with van der Waals surface area (Å²) < 4.78 is 34.2. The van der Waals surface area contributed by atoms with E-state index in [2.05, 4.69) is 10.1 Å². The van der Waals surface area contributed by atoms with Gasteiger partial charge in [0.1, 0.15) is 0 Å². The zero-order valence-corrected chi connectivity index (χ0v) is 16.9. The molecule has 0 unspecified atom stereocenters. The van der Waals surface area contributed by atoms with Crippen LogP contribution in [0.25, 0.3) is 0 Å². The van der Waals surface area contributed by atoms with Crippen LogP contribution in [-0.2, 0) is 24.2 Å². The molecule has 160 valence electrons. The standard InChI is InChI=1S/C23H25F2NO4/c1-29-21-12-15(6-10-20(21)30-23(24)25)14-26-22(28)11-9-19(27)18-8-7-16-4-2-3-5-17(16)13-18/h6-8,10,12-13,23H,2-5,9,11,14H2,1H3,(H,26,28). The van der Waals surface area contributed by atoms with Crippen LogP contribution >= 0.6 is 0 Å². The van der Waals surface area contributed by atoms with Gasteiger partial charge in [-0.1, -0.05) is 18.2 Å². The maximum atomic E-state index is 12.4. The van der Waals surface area contributed by atoms with Gasteiger partial charge < -0.3 is 14.8 Å². The molecular weight excluding hydrogens is 392 g/mol. The van der Waals surface area contributed by atoms with Gasteiger partial charge in [-0.3, -0.25) is 9.59 Å². The lowest BCUT2D eigenvalue weighted by molar-refractivity contribution is -0.121. The molecule has 1 aliphatic carbocycles. The van der Waals surface area contributed by atoms with Crippen molar-refractivity contribution in [3.8, 4) is 11.5 Å². The molecule has 3 rings (SSSR count). The lowest BCUT2D eigenvalue weighted by Crippen LogP contribution is -2.23. The molecule has 0 heterocycles. The Morgan fingerprint density at radius 1 is 1.00 bits per heavy atom. The molecule has 1 N–H and O–H groups in total. The second-order valence-electron chi connectivity index (χ2n) is 7.25. The molecular formula is C23H25F2NO4. The number of carbonyl (C=O) groups excluding carboxylic acids is 2. The Kier molecular flexibility index (Phi) is 7.38. The molecule has 0 aliphatic heterocycles. The number of aryl methyl sites for hydroxylation is 2. The first kappa shape index (κ1) is 21.7. The van der Waals surface area contributed by atoms with Crippen molar-refractivity contribution in [2.45, 2.75) is 51.7 Å². The third-order valence-electron chi connectivity index (χ3n) is 5.18. The highest BCUT2D eigenvalue weighted by Crippen LogP contribution is 2.29. The number of rotatable bonds is 9. The van der Waals surface area contributed by atoms with E-state index in [1.54, 1.807) is 6.07 Å². The molecule has 1 amide bonds. The number of benzene rings is 2. The Morgan fingerprint density at radius 3 is 2.50 bits per heavy atom. The number of methoxy groups -OCH3 is 1. The van der Waals surface area contributed by atoms with Gasteiger partial charge in [-0.15, -0.1) is 0 Å². The monoisotopic (exact) mass is 417 g/mol. The number of fused-ring (bicyclic) bond motifs is 1. The van der Waals surface area contributed by atoms with Crippen LogP contribution in [0.5, 0.6) is 11.5 Å². The molecule has 0 radical (unpaired) electrons. The summed E-state index contributed by atoms with van der Waals surface area (Å²) in [6, 6.07) is 10.3. The quantitative estimate of drug-likeness (QED) is 0.612. The number of carbonyl (C=O) groups is 2. The summed E-state index contributed by atoms with van der Waals surface area (Å²) in [6.45, 7) is -2.76. The van der Waals surface area contributed by atoms with E-state index in [0.717, 1.165) is 19.3 Å². The van der Waals surface area contributed by atoms with Gasteiger partial charge in [0.25, 0.3) is 0 Å². The predicted molar refractivity (Wildman–Crippen MR) is 108 cm³/mol. The average Bonchev–Trinajstić information content (AvgIpc) is 2.76. The first-order chi connectivity index (χ1) is 14.5. The zero-order chi connectivity index (χ0) is 21.5. The first-order valence-corrected chi connectivity index (χ1v) is 9.99. The van der Waals surface area contributed by atoms with Crippen LogP contribution in [-0.4, -0.2) is 25.4 Å². The normalized spacial score (nSPS) is 12.9. The van der Waals surface area contributed by atoms with Crippen molar-refractivity contribution in [3.05, 3.63) is 58.7 Å². The van der Waals surface area contributed by atoms with Crippen molar-refractivity contribution in [3.63, 3.8) is 0 Å². The Balaban J connectivity index is 1.49. The number of ketones is 1. The average molecular weight is 417 g/mol. The highest BCUT2D eigenvalue weighted by Gasteiger charge is 2.15. The maximum Gasteiger partial charge on any atom is 0.387 e. The van der Waals surface area contributed by atoms with Crippen molar-refractivity contribution in [1.29, 1.82) is 0 Å². The molecule has 0 spiro atoms. The van der Waals surface area contributed by atoms with Gasteiger partial charge in [0.15, 0.2) is 17.3 Å². The molecule has 5 nitrogen and oxygen atoms in total. The van der Waals surface area contributed by atoms with E-state index in [0.29, 0.717) is 11.1 Å². The SMILES string of the molecule is COc1cc(CNC(=O)CCC(=O)c2ccc3c(c2)CCCC3)ccc1OC(F)F. The Labute approximate surface area is 174 Å². The van der Waals surface area contributed by atoms with Crippen LogP contribution in [0.3, 0.4) is 0 Å². The van der Waals surface area contributed by atoms with E-state index in [9.17, 15) is 18.4 Å². The largest absolute Gasteiger partial charge is 0.493 e. The van der Waals surface area contributed by atoms with Gasteiger partial charge in [0, 0.05) is 24.9 Å². The fourth-order valence-corrected chi connectivity index (χ4v) is 3.58. The number of halogens is 2. The second-order valence-corrected chi connectivity index (χ2v) is 7.25. The number of Topliss-reactive ketones (excluding diaryl/α,β-unsaturated/α-hetero) is 1. The highest BCUT2D eigenvalue weighted by atomic mass is 19.3. The first-order valence-electron chi connectivity index (χ1n) is 9.99. The number of hydrogen-bond acceptors (Lipinski definition) is 4. The summed E-state index contributed by atoms with van der Waals surface area (Å²) >= 11 is 0. The maximum absolute atomic E-state index is 12.4. The van der Waals surface area contributed by atoms with Crippen LogP contribution in [0, 0.1) is 0 Å². The number of nitrogens with one attached hydrogen (secondary N) is 1. The third-order valence-corrected chi connectivity index (χ3v) is 5.18. The van der Waals surface area contributed by atoms with E-state index in [4.69, 9.17) is 4.74 Å². The van der Waals surface area contributed by atoms with E-state index < -0.39 is 6.61 Å². The van der Waals surface area contributed by atoms with Crippen molar-refractivity contribution in [1.82, 2.24) is 5.32 Å². The number of ether oxygens (including phenoxy) is 2. The summed E-state index contributed by atoms with van der Waals surface area (Å²) in [5, 5.41) is 2.73. The van der Waals surface area contributed by atoms with Crippen molar-refractivity contribution < 1.29 is 27.8 Å². The number of amides is 1. The van der Waals surface area contributed by atoms with E-state index in [1.807, 2.05) is 18.2 Å². The van der Waals surface area contributed by atoms with Gasteiger partial charge in [-0.2, -0.15) is 8.78 Å². The smallest absolute Gasteiger partial charge is 0.387 e. The lowest BCUT2D eigenvalue weighted by atomic mass is 9.89. The minimum Gasteiger partial charge on any atom is -0.493 e. The molecule has 2 aromatic rings. The van der Waals surface area contributed by atoms with Crippen LogP contribution in [0.1, 0.15) is 52.7 Å². The molecule has 0 fully saturated rings. The fourth-order valence-electron chi connectivity index (χ4n) is 3.58. The summed E-state index contributed by atoms with van der Waals surface area (Å²) in [4.78, 5) is 24.6. The molecule has 2 aromatic carbocycles. The Hall–Kier alpha value is -2.96. The van der Waals surface area contributed by atoms with Crippen LogP contribution in [0.15, 0.2) is 36.4 Å². The number of alkyl halides is 2. The summed E-state index contributed by atoms with van der Waals surface area (Å²) in [5.74, 6) is -0.218. The molecule has 0 bridgehead atoms. The van der Waals surface area contributed by atoms with Crippen molar-refractivity contribution in [2.24, 2.45) is 0 Å². The van der Waals surface area contributed by atoms with E-state index >= 15 is 0 Å². The molecule has 0 saturated heterocycles. The van der Waals surface area contributed by atoms with E-state index in [-0.39, 0.29) is 42.6 Å². The van der Waals surface area contributed by atoms with E-state index in [1.165, 1.54) is 36.8 Å². The molecule has 0 atom stereocenters. The Morgan fingerprint density at radius 2 is 1.77 bits per heavy atom. The lowest BCUT2D eigenvalue weighted by Gasteiger charge is -2.16. The topological polar surface area (TPSA) is 64.6 Å². The minimum atomic E-state index is -2.95. The van der Waals surface area contributed by atoms with Crippen molar-refractivity contribution in [2.75, 3.05) is 7.11 Å². The fraction of sp³-hybridized carbons (Fsp3) is 0.391. The van der Waals surface area contributed by atoms with Gasteiger partial charge in [-0.25, -0.2) is 0 Å². The summed E-state index contributed by atoms with van der Waals surface area (Å²) in [7, 11) is 1.35.